The second kappa shape index (κ2) is 5.20. The Labute approximate surface area is 117 Å². The third-order valence-corrected chi connectivity index (χ3v) is 4.38. The van der Waals surface area contributed by atoms with Crippen LogP contribution in [0.4, 0.5) is 9.15 Å². The van der Waals surface area contributed by atoms with Gasteiger partial charge in [0.15, 0.2) is 0 Å². The summed E-state index contributed by atoms with van der Waals surface area (Å²) in [7, 11) is 0. The van der Waals surface area contributed by atoms with E-state index in [0.29, 0.717) is 0 Å². The summed E-state index contributed by atoms with van der Waals surface area (Å²) in [6, 6.07) is 17.9. The van der Waals surface area contributed by atoms with Crippen LogP contribution in [0.2, 0.25) is 0 Å². The normalized spacial score (nSPS) is 21.4. The van der Waals surface area contributed by atoms with Gasteiger partial charge in [-0.3, -0.25) is 0 Å². The Kier molecular flexibility index (Phi) is 3.39. The van der Waals surface area contributed by atoms with Crippen molar-refractivity contribution in [3.8, 4) is 0 Å². The van der Waals surface area contributed by atoms with Gasteiger partial charge in [-0.15, -0.1) is 0 Å². The fraction of sp³-hybridized carbons (Fsp3) is 0.222. The molecule has 4 rings (SSSR count). The van der Waals surface area contributed by atoms with Gasteiger partial charge in [0.25, 0.3) is 0 Å². The van der Waals surface area contributed by atoms with Crippen LogP contribution in [0.3, 0.4) is 0 Å². The summed E-state index contributed by atoms with van der Waals surface area (Å²) in [5, 5.41) is 0. The largest absolute Gasteiger partial charge is 0.0792 e. The molecule has 2 atom stereocenters. The van der Waals surface area contributed by atoms with Gasteiger partial charge in [0, 0.05) is 9.15 Å². The van der Waals surface area contributed by atoms with Gasteiger partial charge in [-0.2, -0.15) is 0 Å². The molecule has 0 heterocycles. The molecule has 0 N–H and O–H groups in total. The van der Waals surface area contributed by atoms with Crippen LogP contribution in [0.1, 0.15) is 47.4 Å². The molecule has 0 aliphatic heterocycles. The van der Waals surface area contributed by atoms with Crippen LogP contribution in [0, 0.1) is 0 Å². The average molecular weight is 270 g/mol. The summed E-state index contributed by atoms with van der Waals surface area (Å²) in [6.45, 7) is 2.15. The molecule has 1 fully saturated rings. The molecule has 2 aromatic rings. The summed E-state index contributed by atoms with van der Waals surface area (Å²) in [4.78, 5) is 0. The molecule has 0 aromatic heterocycles. The zero-order valence-electron chi connectivity index (χ0n) is 11.3. The summed E-state index contributed by atoms with van der Waals surface area (Å²) < 4.78 is 16.0. The van der Waals surface area contributed by atoms with E-state index in [2.05, 4.69) is 61.5 Å². The van der Waals surface area contributed by atoms with Gasteiger partial charge < -0.3 is 0 Å². The molecule has 2 aliphatic rings. The number of hydrogen-bond donors (Lipinski definition) is 0. The van der Waals surface area contributed by atoms with Crippen LogP contribution in [-0.2, 0) is 0 Å². The molecule has 2 aliphatic carbocycles. The monoisotopic (exact) mass is 270 g/mol. The molecule has 0 saturated heterocycles. The minimum absolute atomic E-state index is 0.750. The summed E-state index contributed by atoms with van der Waals surface area (Å²) in [5.41, 5.74) is 7.39. The van der Waals surface area contributed by atoms with Crippen LogP contribution in [0.25, 0.3) is 5.57 Å². The first-order valence-corrected chi connectivity index (χ1v) is 6.89. The lowest BCUT2D eigenvalue weighted by atomic mass is 9.92. The van der Waals surface area contributed by atoms with Gasteiger partial charge in [0.2, 0.25) is 0 Å². The second-order valence-corrected chi connectivity index (χ2v) is 5.33. The van der Waals surface area contributed by atoms with Crippen LogP contribution in [-0.4, -0.2) is 0 Å². The Hall–Kier alpha value is -1.96. The van der Waals surface area contributed by atoms with E-state index in [1.54, 1.807) is 11.1 Å². The summed E-state index contributed by atoms with van der Waals surface area (Å²) >= 11 is 0. The van der Waals surface area contributed by atoms with Crippen LogP contribution >= 0.6 is 0 Å². The Morgan fingerprint density at radius 3 is 1.75 bits per heavy atom. The van der Waals surface area contributed by atoms with Crippen LogP contribution < -0.4 is 0 Å². The fourth-order valence-electron chi connectivity index (χ4n) is 3.47. The highest BCUT2D eigenvalue weighted by atomic mass is 20.0. The van der Waals surface area contributed by atoms with Crippen molar-refractivity contribution in [3.63, 3.8) is 0 Å². The fourth-order valence-corrected chi connectivity index (χ4v) is 3.47. The molecule has 2 aromatic carbocycles. The van der Waals surface area contributed by atoms with Gasteiger partial charge in [0.05, 0.1) is 0 Å². The third kappa shape index (κ3) is 1.87. The van der Waals surface area contributed by atoms with Crippen molar-refractivity contribution in [2.75, 3.05) is 0 Å². The third-order valence-electron chi connectivity index (χ3n) is 4.38. The Balaban J connectivity index is 0.000000581. The minimum Gasteiger partial charge on any atom is -0.0792 e. The topological polar surface area (TPSA) is 0 Å². The highest BCUT2D eigenvalue weighted by Gasteiger charge is 2.44. The van der Waals surface area contributed by atoms with E-state index in [1.807, 2.05) is 0 Å². The van der Waals surface area contributed by atoms with Crippen molar-refractivity contribution in [2.45, 2.75) is 25.2 Å². The maximum absolute atomic E-state index is 8.00. The zero-order chi connectivity index (χ0) is 14.1. The van der Waals surface area contributed by atoms with E-state index >= 15 is 0 Å². The molecule has 2 heteroatoms. The van der Waals surface area contributed by atoms with E-state index in [9.17, 15) is 0 Å². The lowest BCUT2D eigenvalue weighted by Gasteiger charge is -2.12. The number of hydrogen-bond acceptors (Lipinski definition) is 0. The molecular weight excluding hydrogens is 254 g/mol. The standard InChI is InChI=1S/C18H16.F2/c1-2-12-13-7-3-5-9-15(13)17-11-18(17)16-10-6-4-8-14(12)16;1-2/h2-10,17-18H,11H2,1H3;. The van der Waals surface area contributed by atoms with Crippen molar-refractivity contribution in [1.29, 1.82) is 0 Å². The van der Waals surface area contributed by atoms with Crippen molar-refractivity contribution in [1.82, 2.24) is 0 Å². The van der Waals surface area contributed by atoms with Crippen LogP contribution in [0.5, 0.6) is 0 Å². The van der Waals surface area contributed by atoms with E-state index < -0.39 is 0 Å². The van der Waals surface area contributed by atoms with E-state index in [-0.39, 0.29) is 0 Å². The lowest BCUT2D eigenvalue weighted by Crippen LogP contribution is -1.93. The predicted molar refractivity (Wildman–Crippen MR) is 78.0 cm³/mol. The van der Waals surface area contributed by atoms with Gasteiger partial charge in [-0.25, -0.2) is 0 Å². The van der Waals surface area contributed by atoms with Crippen molar-refractivity contribution < 1.29 is 9.15 Å². The molecule has 1 saturated carbocycles. The second-order valence-electron chi connectivity index (χ2n) is 5.33. The quantitative estimate of drug-likeness (QED) is 0.587. The number of allylic oxidation sites excluding steroid dienone is 1. The van der Waals surface area contributed by atoms with E-state index in [4.69, 9.17) is 9.15 Å². The van der Waals surface area contributed by atoms with Gasteiger partial charge in [-0.1, -0.05) is 54.6 Å². The summed E-state index contributed by atoms with van der Waals surface area (Å²) in [6.07, 6.45) is 3.59. The Morgan fingerprint density at radius 1 is 0.850 bits per heavy atom. The molecule has 0 amide bonds. The molecule has 0 bridgehead atoms. The molecule has 102 valence electrons. The average Bonchev–Trinajstić information content (AvgIpc) is 3.31. The maximum Gasteiger partial charge on any atom is 0 e. The number of rotatable bonds is 0. The molecule has 0 radical (unpaired) electrons. The van der Waals surface area contributed by atoms with Gasteiger partial charge in [-0.05, 0) is 53.0 Å². The maximum atomic E-state index is 8.00. The highest BCUT2D eigenvalue weighted by Crippen LogP contribution is 2.59. The van der Waals surface area contributed by atoms with Crippen molar-refractivity contribution in [3.05, 3.63) is 76.9 Å². The first kappa shape index (κ1) is 13.0. The Bertz CT molecular complexity index is 604. The molecular formula is C18H16F2. The SMILES string of the molecule is CC=C1c2ccccc2C2CC2c2ccccc21.FF. The van der Waals surface area contributed by atoms with Crippen molar-refractivity contribution >= 4 is 5.57 Å². The first-order valence-electron chi connectivity index (χ1n) is 6.89. The number of benzene rings is 2. The Morgan fingerprint density at radius 2 is 1.30 bits per heavy atom. The lowest BCUT2D eigenvalue weighted by molar-refractivity contribution is 0.108. The molecule has 2 unspecified atom stereocenters. The molecule has 20 heavy (non-hydrogen) atoms. The summed E-state index contributed by atoms with van der Waals surface area (Å²) in [5.74, 6) is 1.50. The highest BCUT2D eigenvalue weighted by molar-refractivity contribution is 5.85. The van der Waals surface area contributed by atoms with Crippen LogP contribution in [0.15, 0.2) is 54.6 Å². The first-order chi connectivity index (χ1) is 9.90. The smallest absolute Gasteiger partial charge is 0 e. The molecule has 0 nitrogen and oxygen atoms in total. The van der Waals surface area contributed by atoms with Gasteiger partial charge >= 0.3 is 0 Å². The number of fused-ring (bicyclic) bond motifs is 5. The van der Waals surface area contributed by atoms with E-state index in [1.165, 1.54) is 23.1 Å². The zero-order valence-corrected chi connectivity index (χ0v) is 11.3. The van der Waals surface area contributed by atoms with Crippen molar-refractivity contribution in [2.24, 2.45) is 0 Å². The molecule has 0 spiro atoms. The van der Waals surface area contributed by atoms with E-state index in [0.717, 1.165) is 11.8 Å². The predicted octanol–water partition coefficient (Wildman–Crippen LogP) is 5.56. The number of halogens is 2. The minimum atomic E-state index is 0.750. The van der Waals surface area contributed by atoms with Gasteiger partial charge in [0.1, 0.15) is 0 Å².